The molecule has 0 saturated carbocycles. The summed E-state index contributed by atoms with van der Waals surface area (Å²) in [4.78, 5) is 29.0. The van der Waals surface area contributed by atoms with Gasteiger partial charge in [-0.05, 0) is 36.6 Å². The molecule has 31 heavy (non-hydrogen) atoms. The molecular weight excluding hydrogens is 407 g/mol. The van der Waals surface area contributed by atoms with E-state index in [2.05, 4.69) is 0 Å². The van der Waals surface area contributed by atoms with Crippen molar-refractivity contribution < 1.29 is 22.8 Å². The van der Waals surface area contributed by atoms with Gasteiger partial charge < -0.3 is 9.80 Å². The van der Waals surface area contributed by atoms with Gasteiger partial charge in [0, 0.05) is 49.6 Å². The van der Waals surface area contributed by atoms with E-state index in [0.29, 0.717) is 31.3 Å². The molecule has 2 aliphatic heterocycles. The van der Waals surface area contributed by atoms with Crippen LogP contribution in [0.1, 0.15) is 28.8 Å². The summed E-state index contributed by atoms with van der Waals surface area (Å²) in [7, 11) is 0. The lowest BCUT2D eigenvalue weighted by molar-refractivity contribution is -0.132. The summed E-state index contributed by atoms with van der Waals surface area (Å²) in [5.41, 5.74) is 8.63. The highest BCUT2D eigenvalue weighted by atomic mass is 19.2. The highest BCUT2D eigenvalue weighted by molar-refractivity contribution is 5.94. The van der Waals surface area contributed by atoms with Crippen LogP contribution in [-0.4, -0.2) is 53.3 Å². The maximum Gasteiger partial charge on any atom is 0.253 e. The van der Waals surface area contributed by atoms with Crippen LogP contribution in [-0.2, 0) is 11.2 Å². The molecule has 0 aliphatic carbocycles. The van der Waals surface area contributed by atoms with E-state index in [9.17, 15) is 22.8 Å². The molecule has 8 heteroatoms. The molecule has 1 N–H and O–H groups in total. The van der Waals surface area contributed by atoms with E-state index in [1.807, 2.05) is 18.2 Å². The Morgan fingerprint density at radius 2 is 1.74 bits per heavy atom. The Morgan fingerprint density at radius 1 is 1.03 bits per heavy atom. The van der Waals surface area contributed by atoms with Crippen molar-refractivity contribution in [2.75, 3.05) is 19.6 Å². The van der Waals surface area contributed by atoms with E-state index in [-0.39, 0.29) is 42.2 Å². The van der Waals surface area contributed by atoms with E-state index in [4.69, 9.17) is 5.73 Å². The van der Waals surface area contributed by atoms with Gasteiger partial charge in [0.2, 0.25) is 5.91 Å². The van der Waals surface area contributed by atoms with Gasteiger partial charge in [-0.1, -0.05) is 18.2 Å². The number of benzene rings is 2. The van der Waals surface area contributed by atoms with Crippen molar-refractivity contribution in [3.05, 3.63) is 71.0 Å². The fourth-order valence-corrected chi connectivity index (χ4v) is 4.59. The molecule has 3 atom stereocenters. The van der Waals surface area contributed by atoms with Crippen molar-refractivity contribution in [3.63, 3.8) is 0 Å². The van der Waals surface area contributed by atoms with Gasteiger partial charge in [0.25, 0.3) is 5.91 Å². The highest BCUT2D eigenvalue weighted by Crippen LogP contribution is 2.33. The van der Waals surface area contributed by atoms with Crippen molar-refractivity contribution in [1.29, 1.82) is 0 Å². The van der Waals surface area contributed by atoms with Gasteiger partial charge in [0.15, 0.2) is 11.6 Å². The maximum atomic E-state index is 13.8. The van der Waals surface area contributed by atoms with Crippen LogP contribution < -0.4 is 5.73 Å². The molecule has 1 radical (unpaired) electrons. The second-order valence-corrected chi connectivity index (χ2v) is 8.24. The lowest BCUT2D eigenvalue weighted by Gasteiger charge is -2.26. The molecule has 0 bridgehead atoms. The molecule has 163 valence electrons. The lowest BCUT2D eigenvalue weighted by atomic mass is 10.0. The molecule has 2 aromatic carbocycles. The molecule has 2 saturated heterocycles. The monoisotopic (exact) mass is 430 g/mol. The first-order chi connectivity index (χ1) is 14.8. The Balaban J connectivity index is 1.36. The normalized spacial score (nSPS) is 21.3. The van der Waals surface area contributed by atoms with Crippen molar-refractivity contribution >= 4 is 11.8 Å². The number of likely N-dealkylation sites (tertiary alicyclic amines) is 2. The molecule has 2 aliphatic rings. The molecule has 0 spiro atoms. The SMILES string of the molecule is [NH][C@@H](CC(=O)N1CC[C@H]2CN(C(=O)c3ccccc3)C[C@H]21)Cc1cc(F)c(F)cc1F. The van der Waals surface area contributed by atoms with Gasteiger partial charge in [-0.15, -0.1) is 0 Å². The standard InChI is InChI=1S/C23H23F3N3O2/c24-18-11-20(26)19(25)9-16(18)8-17(27)10-22(30)29-7-6-15-12-28(13-21(15)29)23(31)14-4-2-1-3-5-14/h1-5,9,11,15,17,21,27H,6-8,10,12-13H2/t15-,17+,21+/m0/s1. The quantitative estimate of drug-likeness (QED) is 0.685. The van der Waals surface area contributed by atoms with Gasteiger partial charge in [-0.3, -0.25) is 15.3 Å². The van der Waals surface area contributed by atoms with Gasteiger partial charge >= 0.3 is 0 Å². The number of fused-ring (bicyclic) bond motifs is 1. The number of carbonyl (C=O) groups is 2. The topological polar surface area (TPSA) is 64.4 Å². The van der Waals surface area contributed by atoms with Crippen LogP contribution in [0.2, 0.25) is 0 Å². The van der Waals surface area contributed by atoms with Crippen molar-refractivity contribution in [2.24, 2.45) is 5.92 Å². The number of hydrogen-bond donors (Lipinski definition) is 0. The van der Waals surface area contributed by atoms with Crippen LogP contribution in [0.4, 0.5) is 13.2 Å². The number of carbonyl (C=O) groups excluding carboxylic acids is 2. The summed E-state index contributed by atoms with van der Waals surface area (Å²) in [6.45, 7) is 1.60. The third kappa shape index (κ3) is 4.44. The number of nitrogens with one attached hydrogen (secondary N) is 1. The van der Waals surface area contributed by atoms with E-state index >= 15 is 0 Å². The summed E-state index contributed by atoms with van der Waals surface area (Å²) < 4.78 is 40.3. The van der Waals surface area contributed by atoms with Gasteiger partial charge in [0.1, 0.15) is 5.82 Å². The fraction of sp³-hybridized carbons (Fsp3) is 0.391. The average molecular weight is 430 g/mol. The summed E-state index contributed by atoms with van der Waals surface area (Å²) >= 11 is 0. The smallest absolute Gasteiger partial charge is 0.253 e. The van der Waals surface area contributed by atoms with Crippen molar-refractivity contribution in [3.8, 4) is 0 Å². The second kappa shape index (κ2) is 8.70. The number of rotatable bonds is 5. The summed E-state index contributed by atoms with van der Waals surface area (Å²) in [6, 6.07) is 9.13. The fourth-order valence-electron chi connectivity index (χ4n) is 4.59. The number of amides is 2. The zero-order valence-electron chi connectivity index (χ0n) is 16.9. The third-order valence-electron chi connectivity index (χ3n) is 6.15. The minimum atomic E-state index is -1.28. The van der Waals surface area contributed by atoms with E-state index in [0.717, 1.165) is 12.5 Å². The van der Waals surface area contributed by atoms with Crippen LogP contribution in [0, 0.1) is 23.4 Å². The van der Waals surface area contributed by atoms with Gasteiger partial charge in [-0.2, -0.15) is 0 Å². The van der Waals surface area contributed by atoms with Crippen LogP contribution in [0.3, 0.4) is 0 Å². The molecule has 2 heterocycles. The molecule has 2 amide bonds. The van der Waals surface area contributed by atoms with Gasteiger partial charge in [0.05, 0.1) is 6.04 Å². The zero-order valence-corrected chi connectivity index (χ0v) is 16.9. The number of hydrogen-bond acceptors (Lipinski definition) is 2. The molecule has 2 fully saturated rings. The van der Waals surface area contributed by atoms with Crippen molar-refractivity contribution in [1.82, 2.24) is 15.5 Å². The average Bonchev–Trinajstić information content (AvgIpc) is 3.33. The Morgan fingerprint density at radius 3 is 2.48 bits per heavy atom. The van der Waals surface area contributed by atoms with Crippen LogP contribution in [0.5, 0.6) is 0 Å². The Kier molecular flexibility index (Phi) is 6.00. The maximum absolute atomic E-state index is 13.8. The third-order valence-corrected chi connectivity index (χ3v) is 6.15. The minimum absolute atomic E-state index is 0.0606. The summed E-state index contributed by atoms with van der Waals surface area (Å²) in [5.74, 6) is -3.47. The predicted octanol–water partition coefficient (Wildman–Crippen LogP) is 3.06. The lowest BCUT2D eigenvalue weighted by Crippen LogP contribution is -2.42. The molecule has 0 aromatic heterocycles. The van der Waals surface area contributed by atoms with Gasteiger partial charge in [-0.25, -0.2) is 13.2 Å². The van der Waals surface area contributed by atoms with Crippen LogP contribution in [0.25, 0.3) is 0 Å². The summed E-state index contributed by atoms with van der Waals surface area (Å²) in [5, 5.41) is 0. The zero-order chi connectivity index (χ0) is 22.1. The van der Waals surface area contributed by atoms with E-state index in [1.165, 1.54) is 0 Å². The molecule has 0 unspecified atom stereocenters. The van der Waals surface area contributed by atoms with Crippen LogP contribution >= 0.6 is 0 Å². The number of nitrogens with zero attached hydrogens (tertiary/aromatic N) is 2. The van der Waals surface area contributed by atoms with E-state index < -0.39 is 23.5 Å². The van der Waals surface area contributed by atoms with Crippen LogP contribution in [0.15, 0.2) is 42.5 Å². The molecule has 2 aromatic rings. The molecule has 4 rings (SSSR count). The first-order valence-electron chi connectivity index (χ1n) is 10.3. The Bertz CT molecular complexity index is 986. The Labute approximate surface area is 178 Å². The van der Waals surface area contributed by atoms with E-state index in [1.54, 1.807) is 21.9 Å². The second-order valence-electron chi connectivity index (χ2n) is 8.24. The summed E-state index contributed by atoms with van der Waals surface area (Å²) in [6.07, 6.45) is 0.457. The first-order valence-corrected chi connectivity index (χ1v) is 10.3. The largest absolute Gasteiger partial charge is 0.338 e. The number of halogens is 3. The highest BCUT2D eigenvalue weighted by Gasteiger charge is 2.44. The molecule has 5 nitrogen and oxygen atoms in total. The first kappa shape index (κ1) is 21.4. The predicted molar refractivity (Wildman–Crippen MR) is 107 cm³/mol. The minimum Gasteiger partial charge on any atom is -0.338 e. The Hall–Kier alpha value is -2.87. The molecular formula is C23H23F3N3O2. The van der Waals surface area contributed by atoms with Crippen molar-refractivity contribution in [2.45, 2.75) is 31.3 Å².